The van der Waals surface area contributed by atoms with Crippen molar-refractivity contribution in [1.82, 2.24) is 10.2 Å². The molecule has 2 fully saturated rings. The van der Waals surface area contributed by atoms with Gasteiger partial charge in [-0.25, -0.2) is 0 Å². The highest BCUT2D eigenvalue weighted by molar-refractivity contribution is 7.80. The first-order valence-electron chi connectivity index (χ1n) is 11.8. The fourth-order valence-electron chi connectivity index (χ4n) is 5.10. The monoisotopic (exact) mass is 430 g/mol. The summed E-state index contributed by atoms with van der Waals surface area (Å²) in [4.78, 5) is 15.0. The van der Waals surface area contributed by atoms with E-state index in [-0.39, 0.29) is 12.5 Å². The van der Waals surface area contributed by atoms with Crippen molar-refractivity contribution in [1.29, 1.82) is 0 Å². The summed E-state index contributed by atoms with van der Waals surface area (Å²) in [5.74, 6) is 1.04. The lowest BCUT2D eigenvalue weighted by Crippen LogP contribution is -2.54. The number of carbonyl (C=O) groups excluding carboxylic acids is 1. The van der Waals surface area contributed by atoms with Crippen LogP contribution in [0.25, 0.3) is 0 Å². The molecule has 0 aromatic heterocycles. The first-order chi connectivity index (χ1) is 14.5. The Bertz CT molecular complexity index is 704. The van der Waals surface area contributed by atoms with Crippen molar-refractivity contribution in [3.05, 3.63) is 29.3 Å². The molecule has 1 aromatic carbocycles. The van der Waals surface area contributed by atoms with Crippen LogP contribution < -0.4 is 10.1 Å². The average Bonchev–Trinajstić information content (AvgIpc) is 2.74. The van der Waals surface area contributed by atoms with Gasteiger partial charge < -0.3 is 15.0 Å². The summed E-state index contributed by atoms with van der Waals surface area (Å²) in [7, 11) is 0. The maximum Gasteiger partial charge on any atom is 0.264 e. The van der Waals surface area contributed by atoms with Crippen LogP contribution in [0.2, 0.25) is 0 Å². The fourth-order valence-corrected chi connectivity index (χ4v) is 5.51. The van der Waals surface area contributed by atoms with Gasteiger partial charge in [0.15, 0.2) is 11.7 Å². The van der Waals surface area contributed by atoms with Gasteiger partial charge in [0.2, 0.25) is 0 Å². The first-order valence-corrected chi connectivity index (χ1v) is 12.2. The van der Waals surface area contributed by atoms with Crippen LogP contribution in [0, 0.1) is 6.92 Å². The van der Waals surface area contributed by atoms with Crippen LogP contribution in [0.3, 0.4) is 0 Å². The molecule has 0 bridgehead atoms. The molecule has 2 saturated carbocycles. The van der Waals surface area contributed by atoms with Crippen molar-refractivity contribution >= 4 is 23.2 Å². The maximum absolute atomic E-state index is 12.6. The largest absolute Gasteiger partial charge is 0.484 e. The molecule has 1 aromatic rings. The average molecular weight is 431 g/mol. The minimum Gasteiger partial charge on any atom is -0.484 e. The van der Waals surface area contributed by atoms with Gasteiger partial charge in [-0.2, -0.15) is 0 Å². The summed E-state index contributed by atoms with van der Waals surface area (Å²) in [6.45, 7) is 6.44. The zero-order valence-electron chi connectivity index (χ0n) is 18.9. The number of amides is 1. The van der Waals surface area contributed by atoms with Crippen molar-refractivity contribution in [2.75, 3.05) is 6.61 Å². The Labute approximate surface area is 187 Å². The van der Waals surface area contributed by atoms with Gasteiger partial charge in [0.25, 0.3) is 5.91 Å². The third kappa shape index (κ3) is 6.19. The van der Waals surface area contributed by atoms with E-state index in [4.69, 9.17) is 17.0 Å². The Morgan fingerprint density at radius 3 is 2.13 bits per heavy atom. The molecule has 0 aliphatic heterocycles. The quantitative estimate of drug-likeness (QED) is 0.574. The molecule has 0 atom stereocenters. The van der Waals surface area contributed by atoms with Crippen molar-refractivity contribution in [2.24, 2.45) is 0 Å². The number of benzene rings is 1. The number of ether oxygens (including phenoxy) is 1. The van der Waals surface area contributed by atoms with E-state index in [2.05, 4.69) is 37.1 Å². The first kappa shape index (κ1) is 23.1. The third-order valence-corrected chi connectivity index (χ3v) is 6.96. The minimum absolute atomic E-state index is 0.0101. The Morgan fingerprint density at radius 1 is 1.07 bits per heavy atom. The van der Waals surface area contributed by atoms with E-state index in [1.54, 1.807) is 0 Å². The third-order valence-electron chi connectivity index (χ3n) is 6.65. The smallest absolute Gasteiger partial charge is 0.264 e. The number of thiocarbonyl (C=S) groups is 1. The molecular weight excluding hydrogens is 392 g/mol. The van der Waals surface area contributed by atoms with E-state index in [1.807, 2.05) is 12.1 Å². The molecule has 0 unspecified atom stereocenters. The highest BCUT2D eigenvalue weighted by Gasteiger charge is 2.31. The zero-order valence-corrected chi connectivity index (χ0v) is 19.7. The van der Waals surface area contributed by atoms with Gasteiger partial charge in [-0.1, -0.05) is 58.4 Å². The molecule has 30 heavy (non-hydrogen) atoms. The molecule has 0 saturated heterocycles. The standard InChI is InChI=1S/C25H38N2O2S/c1-18(2)23-15-14-22(16-19(23)3)29-17-24(28)26-25(30)27(20-10-6-4-7-11-20)21-12-8-5-9-13-21/h14-16,18,20-21H,4-13,17H2,1-3H3,(H,26,28,30). The molecule has 0 spiro atoms. The van der Waals surface area contributed by atoms with Crippen LogP contribution in [-0.4, -0.2) is 34.6 Å². The van der Waals surface area contributed by atoms with E-state index in [0.29, 0.717) is 23.1 Å². The number of hydrogen-bond acceptors (Lipinski definition) is 3. The molecule has 166 valence electrons. The molecule has 2 aliphatic carbocycles. The Balaban J connectivity index is 1.57. The van der Waals surface area contributed by atoms with E-state index in [9.17, 15) is 4.79 Å². The fraction of sp³-hybridized carbons (Fsp3) is 0.680. The summed E-state index contributed by atoms with van der Waals surface area (Å²) in [5, 5.41) is 3.59. The van der Waals surface area contributed by atoms with Crippen molar-refractivity contribution < 1.29 is 9.53 Å². The zero-order chi connectivity index (χ0) is 21.5. The number of rotatable bonds is 6. The highest BCUT2D eigenvalue weighted by Crippen LogP contribution is 2.30. The summed E-state index contributed by atoms with van der Waals surface area (Å²) in [5.41, 5.74) is 2.50. The van der Waals surface area contributed by atoms with Gasteiger partial charge in [-0.15, -0.1) is 0 Å². The number of nitrogens with one attached hydrogen (secondary N) is 1. The molecule has 2 aliphatic rings. The van der Waals surface area contributed by atoms with E-state index >= 15 is 0 Å². The van der Waals surface area contributed by atoms with Crippen LogP contribution in [0.15, 0.2) is 18.2 Å². The predicted molar refractivity (Wildman–Crippen MR) is 127 cm³/mol. The Morgan fingerprint density at radius 2 is 1.63 bits per heavy atom. The van der Waals surface area contributed by atoms with Gasteiger partial charge >= 0.3 is 0 Å². The molecule has 1 N–H and O–H groups in total. The van der Waals surface area contributed by atoms with Crippen molar-refractivity contribution in [3.8, 4) is 5.75 Å². The summed E-state index contributed by atoms with van der Waals surface area (Å²) in [6, 6.07) is 7.00. The Hall–Kier alpha value is -1.62. The molecule has 5 heteroatoms. The lowest BCUT2D eigenvalue weighted by atomic mass is 9.89. The minimum atomic E-state index is -0.165. The number of hydrogen-bond donors (Lipinski definition) is 1. The number of nitrogens with zero attached hydrogens (tertiary/aromatic N) is 1. The predicted octanol–water partition coefficient (Wildman–Crippen LogP) is 5.87. The number of aryl methyl sites for hydroxylation is 1. The topological polar surface area (TPSA) is 41.6 Å². The number of carbonyl (C=O) groups is 1. The van der Waals surface area contributed by atoms with Gasteiger partial charge in [0.05, 0.1) is 0 Å². The normalized spacial score (nSPS) is 18.3. The summed E-state index contributed by atoms with van der Waals surface area (Å²) < 4.78 is 5.76. The Kier molecular flexibility index (Phi) is 8.55. The van der Waals surface area contributed by atoms with Gasteiger partial charge in [0, 0.05) is 12.1 Å². The van der Waals surface area contributed by atoms with E-state index in [0.717, 1.165) is 5.75 Å². The van der Waals surface area contributed by atoms with E-state index < -0.39 is 0 Å². The molecular formula is C25H38N2O2S. The second kappa shape index (κ2) is 11.1. The van der Waals surface area contributed by atoms with Crippen LogP contribution in [0.1, 0.15) is 95.1 Å². The highest BCUT2D eigenvalue weighted by atomic mass is 32.1. The maximum atomic E-state index is 12.6. The molecule has 3 rings (SSSR count). The SMILES string of the molecule is Cc1cc(OCC(=O)NC(=S)N(C2CCCCC2)C2CCCCC2)ccc1C(C)C. The van der Waals surface area contributed by atoms with Crippen molar-refractivity contribution in [3.63, 3.8) is 0 Å². The lowest BCUT2D eigenvalue weighted by molar-refractivity contribution is -0.121. The van der Waals surface area contributed by atoms with Crippen molar-refractivity contribution in [2.45, 2.75) is 103 Å². The second-order valence-corrected chi connectivity index (χ2v) is 9.69. The summed E-state index contributed by atoms with van der Waals surface area (Å²) in [6.07, 6.45) is 12.4. The van der Waals surface area contributed by atoms with E-state index in [1.165, 1.54) is 75.3 Å². The van der Waals surface area contributed by atoms with Gasteiger partial charge in [-0.05, 0) is 74.0 Å². The van der Waals surface area contributed by atoms with Gasteiger partial charge in [0.1, 0.15) is 5.75 Å². The summed E-state index contributed by atoms with van der Waals surface area (Å²) >= 11 is 5.75. The second-order valence-electron chi connectivity index (χ2n) is 9.31. The van der Waals surface area contributed by atoms with Crippen LogP contribution in [0.5, 0.6) is 5.75 Å². The molecule has 4 nitrogen and oxygen atoms in total. The molecule has 1 amide bonds. The van der Waals surface area contributed by atoms with Crippen LogP contribution in [-0.2, 0) is 4.79 Å². The van der Waals surface area contributed by atoms with Gasteiger partial charge in [-0.3, -0.25) is 4.79 Å². The van der Waals surface area contributed by atoms with Crippen LogP contribution >= 0.6 is 12.2 Å². The lowest BCUT2D eigenvalue weighted by Gasteiger charge is -2.43. The van der Waals surface area contributed by atoms with Crippen LogP contribution in [0.4, 0.5) is 0 Å². The molecule has 0 radical (unpaired) electrons. The molecule has 0 heterocycles.